The van der Waals surface area contributed by atoms with Crippen LogP contribution in [0.4, 0.5) is 0 Å². The molecule has 24 nitrogen and oxygen atoms in total. The average molecular weight is 1820 g/mol. The fourth-order valence-corrected chi connectivity index (χ4v) is 21.1. The predicted octanol–water partition coefficient (Wildman–Crippen LogP) is 23.4. The number of fused-ring (bicyclic) bond motifs is 2. The van der Waals surface area contributed by atoms with E-state index in [0.29, 0.717) is 41.7 Å². The first-order chi connectivity index (χ1) is 60.8. The van der Waals surface area contributed by atoms with Gasteiger partial charge < -0.3 is 75.8 Å². The lowest BCUT2D eigenvalue weighted by atomic mass is 9.50. The van der Waals surface area contributed by atoms with Gasteiger partial charge in [-0.05, 0) is 267 Å². The van der Waals surface area contributed by atoms with Gasteiger partial charge in [-0.1, -0.05) is 197 Å². The smallest absolute Gasteiger partial charge is 0.310 e. The number of esters is 8. The minimum absolute atomic E-state index is 0.0119. The molecule has 10 bridgehead atoms. The van der Waals surface area contributed by atoms with Gasteiger partial charge in [0.05, 0.1) is 85.5 Å². The Hall–Kier alpha value is -4.56. The first-order valence-electron chi connectivity index (χ1n) is 50.7. The molecular formula is C104H186O24. The zero-order chi connectivity index (χ0) is 95.2. The Kier molecular flexibility index (Phi) is 54.9. The van der Waals surface area contributed by atoms with Gasteiger partial charge in [-0.3, -0.25) is 38.4 Å². The van der Waals surface area contributed by atoms with Crippen molar-refractivity contribution in [1.29, 1.82) is 0 Å². The summed E-state index contributed by atoms with van der Waals surface area (Å²) in [7, 11) is 1.49. The van der Waals surface area contributed by atoms with Crippen LogP contribution in [0.25, 0.3) is 0 Å². The van der Waals surface area contributed by atoms with Crippen LogP contribution in [0.2, 0.25) is 0 Å². The summed E-state index contributed by atoms with van der Waals surface area (Å²) in [5.74, 6) is 6.61. The summed E-state index contributed by atoms with van der Waals surface area (Å²) in [4.78, 5) is 90.8. The third kappa shape index (κ3) is 41.3. The zero-order valence-corrected chi connectivity index (χ0v) is 85.1. The second-order valence-electron chi connectivity index (χ2n) is 42.5. The van der Waals surface area contributed by atoms with E-state index in [2.05, 4.69) is 51.0 Å². The Bertz CT molecular complexity index is 3030. The Morgan fingerprint density at radius 2 is 0.633 bits per heavy atom. The summed E-state index contributed by atoms with van der Waals surface area (Å²) in [5, 5.41) is 0. The summed E-state index contributed by atoms with van der Waals surface area (Å²) in [6, 6.07) is 0. The summed E-state index contributed by atoms with van der Waals surface area (Å²) in [6.45, 7) is 49.9. The average Bonchev–Trinajstić information content (AvgIpc) is 1.58. The normalized spacial score (nSPS) is 27.9. The van der Waals surface area contributed by atoms with Crippen molar-refractivity contribution < 1.29 is 114 Å². The van der Waals surface area contributed by atoms with Crippen molar-refractivity contribution >= 4 is 47.8 Å². The third-order valence-electron chi connectivity index (χ3n) is 30.5. The molecule has 0 amide bonds. The molecule has 13 saturated carbocycles. The largest absolute Gasteiger partial charge is 0.438 e. The number of hydrogen-bond donors (Lipinski definition) is 0. The highest BCUT2D eigenvalue weighted by atomic mass is 16.7. The van der Waals surface area contributed by atoms with Crippen LogP contribution in [0.1, 0.15) is 384 Å². The van der Waals surface area contributed by atoms with E-state index in [-0.39, 0.29) is 166 Å². The molecule has 11 unspecified atom stereocenters. The molecule has 13 rings (SSSR count). The van der Waals surface area contributed by atoms with E-state index in [4.69, 9.17) is 66.3 Å². The third-order valence-corrected chi connectivity index (χ3v) is 30.5. The maximum atomic E-state index is 11.6. The van der Waals surface area contributed by atoms with Crippen LogP contribution in [-0.4, -0.2) is 154 Å². The molecule has 0 saturated heterocycles. The monoisotopic (exact) mass is 1820 g/mol. The lowest BCUT2D eigenvalue weighted by molar-refractivity contribution is -0.189. The Morgan fingerprint density at radius 3 is 0.984 bits per heavy atom. The van der Waals surface area contributed by atoms with Gasteiger partial charge in [-0.2, -0.15) is 0 Å². The van der Waals surface area contributed by atoms with Gasteiger partial charge in [-0.15, -0.1) is 0 Å². The van der Waals surface area contributed by atoms with Gasteiger partial charge >= 0.3 is 47.8 Å². The summed E-state index contributed by atoms with van der Waals surface area (Å²) in [6.07, 6.45) is 42.8. The lowest BCUT2D eigenvalue weighted by Crippen LogP contribution is -2.49. The molecule has 11 atom stereocenters. The first kappa shape index (κ1) is 116. The molecule has 0 aromatic rings. The Balaban J connectivity index is 0.000000309. The van der Waals surface area contributed by atoms with Crippen molar-refractivity contribution in [3.05, 3.63) is 0 Å². The molecule has 0 spiro atoms. The SMILES string of the molecule is CCC(C)C(=O)OCOC.CCC(C)C(=O)OCOC1C(C)(C)CCC1(C)C.CCC(C)C(=O)OCOC1C2CC3CC(C2)CC1C3.CCC(C)C(=O)OCOC1CCCCC1.CCC(C)C(=O)OCOCC1(C)CC2CCC1C2.CCC(C)C(=O)OCOCC1(C)CCCCC1.CCC(C)C(=O)OCOCC12CC3CC(CC(C3)C1)C2.CCOCOC(=O)C(C)CC. The fraction of sp³-hybridized carbons (Fsp3) is 0.923. The van der Waals surface area contributed by atoms with E-state index in [9.17, 15) is 38.4 Å². The van der Waals surface area contributed by atoms with Crippen molar-refractivity contribution in [2.24, 2.45) is 128 Å². The fourth-order valence-electron chi connectivity index (χ4n) is 21.1. The van der Waals surface area contributed by atoms with Crippen LogP contribution in [0.3, 0.4) is 0 Å². The molecule has 0 heterocycles. The number of methoxy groups -OCH3 is 1. The highest BCUT2D eigenvalue weighted by Crippen LogP contribution is 2.61. The molecule has 13 aliphatic rings. The maximum absolute atomic E-state index is 11.6. The molecule has 13 aliphatic carbocycles. The Labute approximate surface area is 775 Å². The molecule has 13 fully saturated rings. The van der Waals surface area contributed by atoms with Crippen LogP contribution < -0.4 is 0 Å². The molecule has 0 aliphatic heterocycles. The molecule has 0 N–H and O–H groups in total. The van der Waals surface area contributed by atoms with Gasteiger partial charge in [0.25, 0.3) is 0 Å². The summed E-state index contributed by atoms with van der Waals surface area (Å²) < 4.78 is 83.9. The molecule has 0 radical (unpaired) electrons. The number of ether oxygens (including phenoxy) is 16. The standard InChI is InChI=1S/C17H28O3.C16H26O3.C15H26O3.C15H28O3.C14H26O3.C12H22O3.C8H16O3.C7H14O3/c1-3-12(2)16(18)20-11-19-10-17-7-13-4-14(8-17)6-15(5-13)9-17;1-3-10(2)16(17)19-9-18-15-13-5-11-4-12(7-13)8-14(15)6-11;1-4-11(2)14(16)18-10-17-9-15(3)8-12-5-6-13(15)7-12;1-7-11(2)12(16)17-10-18-13-14(3,4)8-9-15(13,5)6;1-4-12(2)13(15)17-11-16-10-14(3)8-6-5-7-9-14;1-3-10(2)12(13)15-9-14-11-7-5-4-6-8-11;1-4-7(3)8(9)11-6-10-5-2;1-4-6(2)7(8)10-5-9-3/h12-15H,3-11H2,1-2H3;10-15H,3-9H2,1-2H3;11-13H,4-10H2,1-3H3;11,13H,7-10H2,1-6H3;12H,4-11H2,1-3H3;10-11H,3-9H2,1-2H3;7H,4-6H2,1-3H3;6H,4-5H2,1-3H3. The second-order valence-corrected chi connectivity index (χ2v) is 42.5. The van der Waals surface area contributed by atoms with E-state index in [1.807, 2.05) is 118 Å². The maximum Gasteiger partial charge on any atom is 0.310 e. The van der Waals surface area contributed by atoms with Crippen LogP contribution in [-0.2, 0) is 114 Å². The molecule has 0 aromatic heterocycles. The van der Waals surface area contributed by atoms with Gasteiger partial charge in [0.15, 0.2) is 54.3 Å². The van der Waals surface area contributed by atoms with Crippen LogP contribution >= 0.6 is 0 Å². The summed E-state index contributed by atoms with van der Waals surface area (Å²) >= 11 is 0. The predicted molar refractivity (Wildman–Crippen MR) is 497 cm³/mol. The van der Waals surface area contributed by atoms with Crippen molar-refractivity contribution in [1.82, 2.24) is 0 Å². The molecule has 128 heavy (non-hydrogen) atoms. The van der Waals surface area contributed by atoms with Gasteiger partial charge in [0.1, 0.15) is 0 Å². The minimum atomic E-state index is -0.190. The van der Waals surface area contributed by atoms with E-state index in [0.717, 1.165) is 144 Å². The summed E-state index contributed by atoms with van der Waals surface area (Å²) in [5.41, 5.74) is 1.35. The van der Waals surface area contributed by atoms with Gasteiger partial charge in [0, 0.05) is 13.7 Å². The van der Waals surface area contributed by atoms with Crippen molar-refractivity contribution in [3.8, 4) is 0 Å². The van der Waals surface area contributed by atoms with Gasteiger partial charge in [-0.25, -0.2) is 0 Å². The second kappa shape index (κ2) is 60.7. The quantitative estimate of drug-likeness (QED) is 0.0237. The number of rotatable bonds is 42. The van der Waals surface area contributed by atoms with Gasteiger partial charge in [0.2, 0.25) is 0 Å². The molecular weight excluding hydrogens is 1630 g/mol. The zero-order valence-electron chi connectivity index (χ0n) is 85.1. The van der Waals surface area contributed by atoms with E-state index in [1.165, 1.54) is 155 Å². The van der Waals surface area contributed by atoms with Crippen LogP contribution in [0.5, 0.6) is 0 Å². The molecule has 0 aromatic carbocycles. The van der Waals surface area contributed by atoms with Crippen LogP contribution in [0.15, 0.2) is 0 Å². The minimum Gasteiger partial charge on any atom is -0.438 e. The van der Waals surface area contributed by atoms with E-state index in [1.54, 1.807) is 0 Å². The first-order valence-corrected chi connectivity index (χ1v) is 50.7. The topological polar surface area (TPSA) is 284 Å². The molecule has 24 heteroatoms. The molecule has 746 valence electrons. The van der Waals surface area contributed by atoms with Crippen molar-refractivity contribution in [2.45, 2.75) is 402 Å². The van der Waals surface area contributed by atoms with E-state index < -0.39 is 0 Å². The van der Waals surface area contributed by atoms with E-state index >= 15 is 0 Å². The van der Waals surface area contributed by atoms with Crippen LogP contribution in [0, 0.1) is 128 Å². The van der Waals surface area contributed by atoms with Crippen molar-refractivity contribution in [2.75, 3.05) is 87.9 Å². The number of hydrogen-bond acceptors (Lipinski definition) is 24. The highest BCUT2D eigenvalue weighted by Gasteiger charge is 2.53. The Morgan fingerprint density at radius 1 is 0.305 bits per heavy atom. The lowest BCUT2D eigenvalue weighted by Gasteiger charge is -2.56. The number of carbonyl (C=O) groups is 8. The highest BCUT2D eigenvalue weighted by molar-refractivity contribution is 5.74. The van der Waals surface area contributed by atoms with Crippen molar-refractivity contribution in [3.63, 3.8) is 0 Å². The number of carbonyl (C=O) groups excluding carboxylic acids is 8.